The van der Waals surface area contributed by atoms with E-state index in [-0.39, 0.29) is 5.91 Å². The number of benzene rings is 2. The first-order chi connectivity index (χ1) is 15.2. The molecular formula is C24H26N4O3. The lowest BCUT2D eigenvalue weighted by molar-refractivity contribution is 0.0515. The number of piperazine rings is 1. The van der Waals surface area contributed by atoms with Crippen LogP contribution in [0.15, 0.2) is 66.9 Å². The predicted octanol–water partition coefficient (Wildman–Crippen LogP) is 3.01. The molecule has 3 aromatic rings. The molecule has 1 amide bonds. The number of hydrogen-bond acceptors (Lipinski definition) is 5. The number of para-hydroxylation sites is 1. The van der Waals surface area contributed by atoms with Crippen molar-refractivity contribution in [1.29, 1.82) is 0 Å². The summed E-state index contributed by atoms with van der Waals surface area (Å²) in [6.07, 6.45) is 1.89. The van der Waals surface area contributed by atoms with Crippen molar-refractivity contribution in [3.8, 4) is 5.69 Å². The summed E-state index contributed by atoms with van der Waals surface area (Å²) >= 11 is 0. The topological polar surface area (TPSA) is 67.7 Å². The highest BCUT2D eigenvalue weighted by molar-refractivity contribution is 5.94. The van der Waals surface area contributed by atoms with Crippen LogP contribution in [0.1, 0.15) is 33.3 Å². The van der Waals surface area contributed by atoms with E-state index in [1.165, 1.54) is 0 Å². The maximum Gasteiger partial charge on any atom is 0.359 e. The van der Waals surface area contributed by atoms with Gasteiger partial charge < -0.3 is 9.64 Å². The number of carbonyl (C=O) groups excluding carboxylic acids is 2. The molecule has 160 valence electrons. The van der Waals surface area contributed by atoms with Crippen LogP contribution in [0.3, 0.4) is 0 Å². The third kappa shape index (κ3) is 4.83. The first-order valence-electron chi connectivity index (χ1n) is 10.5. The summed E-state index contributed by atoms with van der Waals surface area (Å²) in [6.45, 7) is 5.43. The Labute approximate surface area is 181 Å². The van der Waals surface area contributed by atoms with Crippen molar-refractivity contribution in [2.24, 2.45) is 0 Å². The van der Waals surface area contributed by atoms with E-state index in [1.807, 2.05) is 71.8 Å². The van der Waals surface area contributed by atoms with E-state index in [1.54, 1.807) is 11.6 Å². The number of nitrogens with zero attached hydrogens (tertiary/aromatic N) is 4. The van der Waals surface area contributed by atoms with Gasteiger partial charge in [-0.15, -0.1) is 0 Å². The fourth-order valence-corrected chi connectivity index (χ4v) is 3.72. The molecule has 31 heavy (non-hydrogen) atoms. The summed E-state index contributed by atoms with van der Waals surface area (Å²) in [5.41, 5.74) is 2.76. The summed E-state index contributed by atoms with van der Waals surface area (Å²) in [5, 5.41) is 4.50. The number of hydrogen-bond donors (Lipinski definition) is 0. The molecule has 1 fully saturated rings. The molecule has 0 radical (unpaired) electrons. The average molecular weight is 418 g/mol. The van der Waals surface area contributed by atoms with Gasteiger partial charge in [-0.05, 0) is 31.2 Å². The quantitative estimate of drug-likeness (QED) is 0.576. The van der Waals surface area contributed by atoms with Gasteiger partial charge in [0.15, 0.2) is 5.69 Å². The second kappa shape index (κ2) is 9.57. The normalized spacial score (nSPS) is 14.4. The molecule has 1 aliphatic heterocycles. The minimum atomic E-state index is -0.412. The van der Waals surface area contributed by atoms with Crippen molar-refractivity contribution in [1.82, 2.24) is 19.6 Å². The molecule has 2 heterocycles. The SMILES string of the molecule is CCOC(=O)c1nn(-c2ccccc2)cc1CN1CCN(C(=O)c2ccccc2)CC1. The third-order valence-corrected chi connectivity index (χ3v) is 5.35. The summed E-state index contributed by atoms with van der Waals surface area (Å²) < 4.78 is 6.94. The van der Waals surface area contributed by atoms with Gasteiger partial charge in [0.25, 0.3) is 5.91 Å². The minimum Gasteiger partial charge on any atom is -0.461 e. The minimum absolute atomic E-state index is 0.0596. The highest BCUT2D eigenvalue weighted by Gasteiger charge is 2.25. The standard InChI is InChI=1S/C24H26N4O3/c1-2-31-24(30)22-20(18-28(25-22)21-11-7-4-8-12-21)17-26-13-15-27(16-14-26)23(29)19-9-5-3-6-10-19/h3-12,18H,2,13-17H2,1H3. The molecule has 0 spiro atoms. The van der Waals surface area contributed by atoms with Crippen LogP contribution in [-0.2, 0) is 11.3 Å². The van der Waals surface area contributed by atoms with Crippen molar-refractivity contribution in [3.05, 3.63) is 83.7 Å². The number of esters is 1. The Morgan fingerprint density at radius 3 is 2.23 bits per heavy atom. The maximum atomic E-state index is 12.7. The Bertz CT molecular complexity index is 1030. The van der Waals surface area contributed by atoms with Crippen LogP contribution in [0, 0.1) is 0 Å². The van der Waals surface area contributed by atoms with Gasteiger partial charge >= 0.3 is 5.97 Å². The van der Waals surface area contributed by atoms with Gasteiger partial charge in [-0.25, -0.2) is 9.48 Å². The molecule has 1 aliphatic rings. The van der Waals surface area contributed by atoms with Gasteiger partial charge in [-0.3, -0.25) is 9.69 Å². The third-order valence-electron chi connectivity index (χ3n) is 5.35. The molecule has 0 unspecified atom stereocenters. The lowest BCUT2D eigenvalue weighted by Gasteiger charge is -2.34. The Balaban J connectivity index is 1.46. The summed E-state index contributed by atoms with van der Waals surface area (Å²) in [5.74, 6) is -0.352. The van der Waals surface area contributed by atoms with Crippen LogP contribution in [0.5, 0.6) is 0 Å². The zero-order valence-corrected chi connectivity index (χ0v) is 17.6. The van der Waals surface area contributed by atoms with E-state index in [9.17, 15) is 9.59 Å². The Morgan fingerprint density at radius 2 is 1.58 bits per heavy atom. The van der Waals surface area contributed by atoms with Crippen LogP contribution in [0.25, 0.3) is 5.69 Å². The van der Waals surface area contributed by atoms with E-state index in [4.69, 9.17) is 4.74 Å². The molecule has 7 heteroatoms. The van der Waals surface area contributed by atoms with Gasteiger partial charge in [0.05, 0.1) is 12.3 Å². The Morgan fingerprint density at radius 1 is 0.935 bits per heavy atom. The number of carbonyl (C=O) groups is 2. The molecule has 4 rings (SSSR count). The molecule has 1 aromatic heterocycles. The first-order valence-corrected chi connectivity index (χ1v) is 10.5. The van der Waals surface area contributed by atoms with Crippen LogP contribution in [0.2, 0.25) is 0 Å². The van der Waals surface area contributed by atoms with Gasteiger partial charge in [0.1, 0.15) is 0 Å². The highest BCUT2D eigenvalue weighted by atomic mass is 16.5. The molecule has 0 saturated carbocycles. The number of aromatic nitrogens is 2. The van der Waals surface area contributed by atoms with Crippen LogP contribution < -0.4 is 0 Å². The van der Waals surface area contributed by atoms with Crippen LogP contribution in [-0.4, -0.2) is 64.2 Å². The van der Waals surface area contributed by atoms with Gasteiger partial charge in [-0.2, -0.15) is 5.10 Å². The van der Waals surface area contributed by atoms with Crippen molar-refractivity contribution in [2.75, 3.05) is 32.8 Å². The maximum absolute atomic E-state index is 12.7. The van der Waals surface area contributed by atoms with Crippen molar-refractivity contribution in [2.45, 2.75) is 13.5 Å². The number of rotatable bonds is 6. The predicted molar refractivity (Wildman–Crippen MR) is 117 cm³/mol. The highest BCUT2D eigenvalue weighted by Crippen LogP contribution is 2.17. The van der Waals surface area contributed by atoms with E-state index >= 15 is 0 Å². The summed E-state index contributed by atoms with van der Waals surface area (Å²) in [6, 6.07) is 19.1. The summed E-state index contributed by atoms with van der Waals surface area (Å²) in [7, 11) is 0. The van der Waals surface area contributed by atoms with E-state index < -0.39 is 5.97 Å². The molecule has 1 saturated heterocycles. The summed E-state index contributed by atoms with van der Waals surface area (Å²) in [4.78, 5) is 29.3. The monoisotopic (exact) mass is 418 g/mol. The lowest BCUT2D eigenvalue weighted by Crippen LogP contribution is -2.48. The zero-order chi connectivity index (χ0) is 21.6. The lowest BCUT2D eigenvalue weighted by atomic mass is 10.1. The molecule has 0 atom stereocenters. The van der Waals surface area contributed by atoms with Crippen molar-refractivity contribution < 1.29 is 14.3 Å². The molecule has 0 N–H and O–H groups in total. The molecule has 2 aromatic carbocycles. The Hall–Kier alpha value is -3.45. The largest absolute Gasteiger partial charge is 0.461 e. The number of amides is 1. The van der Waals surface area contributed by atoms with Crippen molar-refractivity contribution in [3.63, 3.8) is 0 Å². The van der Waals surface area contributed by atoms with Gasteiger partial charge in [0, 0.05) is 50.0 Å². The number of ether oxygens (including phenoxy) is 1. The zero-order valence-electron chi connectivity index (χ0n) is 17.6. The molecule has 0 bridgehead atoms. The molecule has 7 nitrogen and oxygen atoms in total. The average Bonchev–Trinajstić information content (AvgIpc) is 3.24. The molecular weight excluding hydrogens is 392 g/mol. The van der Waals surface area contributed by atoms with Gasteiger partial charge in [0.2, 0.25) is 0 Å². The van der Waals surface area contributed by atoms with Gasteiger partial charge in [-0.1, -0.05) is 36.4 Å². The second-order valence-corrected chi connectivity index (χ2v) is 7.44. The first kappa shape index (κ1) is 20.8. The fourth-order valence-electron chi connectivity index (χ4n) is 3.72. The van der Waals surface area contributed by atoms with E-state index in [2.05, 4.69) is 10.00 Å². The van der Waals surface area contributed by atoms with E-state index in [0.717, 1.165) is 24.3 Å². The van der Waals surface area contributed by atoms with Crippen molar-refractivity contribution >= 4 is 11.9 Å². The second-order valence-electron chi connectivity index (χ2n) is 7.44. The smallest absolute Gasteiger partial charge is 0.359 e. The van der Waals surface area contributed by atoms with Crippen LogP contribution in [0.4, 0.5) is 0 Å². The fraction of sp³-hybridized carbons (Fsp3) is 0.292. The molecule has 0 aliphatic carbocycles. The Kier molecular flexibility index (Phi) is 6.43. The van der Waals surface area contributed by atoms with Crippen LogP contribution >= 0.6 is 0 Å². The van der Waals surface area contributed by atoms with E-state index in [0.29, 0.717) is 37.5 Å².